The van der Waals surface area contributed by atoms with Crippen LogP contribution in [0.5, 0.6) is 17.2 Å². The average molecular weight is 498 g/mol. The summed E-state index contributed by atoms with van der Waals surface area (Å²) >= 11 is 12.0. The predicted molar refractivity (Wildman–Crippen MR) is 128 cm³/mol. The number of ether oxygens (including phenoxy) is 4. The number of cyclic esters (lactones) is 1. The highest BCUT2D eigenvalue weighted by Crippen LogP contribution is 2.32. The van der Waals surface area contributed by atoms with Crippen LogP contribution in [0.4, 0.5) is 0 Å². The van der Waals surface area contributed by atoms with Gasteiger partial charge in [-0.3, -0.25) is 0 Å². The number of esters is 2. The van der Waals surface area contributed by atoms with Crippen LogP contribution >= 0.6 is 23.2 Å². The second-order valence-electron chi connectivity index (χ2n) is 6.99. The van der Waals surface area contributed by atoms with Crippen LogP contribution in [0.25, 0.3) is 6.08 Å². The monoisotopic (exact) mass is 497 g/mol. The van der Waals surface area contributed by atoms with E-state index in [9.17, 15) is 9.59 Å². The zero-order valence-corrected chi connectivity index (χ0v) is 19.5. The molecule has 0 spiro atoms. The Morgan fingerprint density at radius 1 is 0.912 bits per heavy atom. The van der Waals surface area contributed by atoms with E-state index in [4.69, 9.17) is 42.1 Å². The molecule has 1 aliphatic rings. The molecule has 9 heteroatoms. The van der Waals surface area contributed by atoms with Crippen molar-refractivity contribution in [2.45, 2.75) is 0 Å². The average Bonchev–Trinajstić information content (AvgIpc) is 3.19. The van der Waals surface area contributed by atoms with Gasteiger partial charge in [0, 0.05) is 10.0 Å². The minimum Gasteiger partial charge on any atom is -0.496 e. The maximum Gasteiger partial charge on any atom is 0.363 e. The fourth-order valence-electron chi connectivity index (χ4n) is 3.16. The third kappa shape index (κ3) is 5.06. The predicted octanol–water partition coefficient (Wildman–Crippen LogP) is 5.57. The summed E-state index contributed by atoms with van der Waals surface area (Å²) < 4.78 is 21.4. The molecule has 3 aromatic rings. The van der Waals surface area contributed by atoms with E-state index >= 15 is 0 Å². The van der Waals surface area contributed by atoms with Gasteiger partial charge in [-0.2, -0.15) is 0 Å². The second-order valence-corrected chi connectivity index (χ2v) is 7.86. The molecule has 0 amide bonds. The number of carbonyl (C=O) groups is 2. The van der Waals surface area contributed by atoms with E-state index in [1.54, 1.807) is 54.6 Å². The molecule has 0 fully saturated rings. The number of hydrogen-bond acceptors (Lipinski definition) is 7. The molecule has 4 rings (SSSR count). The molecule has 172 valence electrons. The maximum atomic E-state index is 12.4. The first kappa shape index (κ1) is 23.4. The zero-order valence-electron chi connectivity index (χ0n) is 18.0. The van der Waals surface area contributed by atoms with Crippen LogP contribution in [0.15, 0.2) is 71.4 Å². The molecule has 0 N–H and O–H groups in total. The van der Waals surface area contributed by atoms with Crippen molar-refractivity contribution in [2.75, 3.05) is 14.2 Å². The molecule has 7 nitrogen and oxygen atoms in total. The van der Waals surface area contributed by atoms with E-state index in [-0.39, 0.29) is 23.1 Å². The highest BCUT2D eigenvalue weighted by Gasteiger charge is 2.26. The number of benzene rings is 3. The van der Waals surface area contributed by atoms with Gasteiger partial charge in [-0.25, -0.2) is 14.6 Å². The molecule has 1 aliphatic heterocycles. The van der Waals surface area contributed by atoms with Gasteiger partial charge in [-0.1, -0.05) is 35.3 Å². The molecule has 0 aromatic heterocycles. The number of nitrogens with zero attached hydrogens (tertiary/aromatic N) is 1. The molecule has 0 unspecified atom stereocenters. The highest BCUT2D eigenvalue weighted by atomic mass is 35.5. The molecule has 0 radical (unpaired) electrons. The molecule has 3 aromatic carbocycles. The van der Waals surface area contributed by atoms with E-state index < -0.39 is 11.9 Å². The summed E-state index contributed by atoms with van der Waals surface area (Å²) in [6, 6.07) is 16.1. The van der Waals surface area contributed by atoms with Crippen molar-refractivity contribution < 1.29 is 28.5 Å². The minimum atomic E-state index is -0.632. The number of methoxy groups -OCH3 is 2. The van der Waals surface area contributed by atoms with Crippen molar-refractivity contribution in [3.8, 4) is 17.2 Å². The van der Waals surface area contributed by atoms with Crippen LogP contribution < -0.4 is 14.2 Å². The SMILES string of the molecule is COc1cc(/C=C2\N=C(c3cc(Cl)ccc3OC)OC2=O)ccc1OC(=O)c1cccc(Cl)c1. The Labute approximate surface area is 205 Å². The maximum absolute atomic E-state index is 12.4. The number of aliphatic imine (C=N–C) groups is 1. The van der Waals surface area contributed by atoms with Crippen molar-refractivity contribution in [1.82, 2.24) is 0 Å². The molecular formula is C25H17Cl2NO6. The van der Waals surface area contributed by atoms with Crippen molar-refractivity contribution >= 4 is 47.1 Å². The van der Waals surface area contributed by atoms with Gasteiger partial charge in [0.25, 0.3) is 0 Å². The van der Waals surface area contributed by atoms with Crippen molar-refractivity contribution in [1.29, 1.82) is 0 Å². The third-order valence-corrected chi connectivity index (χ3v) is 5.24. The number of rotatable bonds is 6. The standard InChI is InChI=1S/C25H17Cl2NO6/c1-31-20-9-7-17(27)13-18(20)23-28-19(25(30)34-23)10-14-6-8-21(22(11-14)32-2)33-24(29)15-4-3-5-16(26)12-15/h3-13H,1-2H3/b19-10-. The fraction of sp³-hybridized carbons (Fsp3) is 0.0800. The van der Waals surface area contributed by atoms with E-state index in [1.165, 1.54) is 26.4 Å². The molecule has 0 atom stereocenters. The van der Waals surface area contributed by atoms with Crippen molar-refractivity contribution in [2.24, 2.45) is 4.99 Å². The first-order chi connectivity index (χ1) is 16.4. The Morgan fingerprint density at radius 2 is 1.65 bits per heavy atom. The fourth-order valence-corrected chi connectivity index (χ4v) is 3.52. The van der Waals surface area contributed by atoms with Gasteiger partial charge in [0.2, 0.25) is 5.90 Å². The normalized spacial score (nSPS) is 13.9. The van der Waals surface area contributed by atoms with Crippen LogP contribution in [0.1, 0.15) is 21.5 Å². The highest BCUT2D eigenvalue weighted by molar-refractivity contribution is 6.31. The number of hydrogen-bond donors (Lipinski definition) is 0. The molecular weight excluding hydrogens is 481 g/mol. The smallest absolute Gasteiger partial charge is 0.363 e. The zero-order chi connectivity index (χ0) is 24.2. The summed E-state index contributed by atoms with van der Waals surface area (Å²) in [6.07, 6.45) is 1.53. The summed E-state index contributed by atoms with van der Waals surface area (Å²) in [4.78, 5) is 29.1. The van der Waals surface area contributed by atoms with Crippen LogP contribution in [-0.2, 0) is 9.53 Å². The number of halogens is 2. The van der Waals surface area contributed by atoms with Crippen molar-refractivity contribution in [3.05, 3.63) is 93.1 Å². The summed E-state index contributed by atoms with van der Waals surface area (Å²) in [7, 11) is 2.93. The van der Waals surface area contributed by atoms with E-state index in [1.807, 2.05) is 0 Å². The molecule has 0 saturated carbocycles. The van der Waals surface area contributed by atoms with Crippen LogP contribution in [0.3, 0.4) is 0 Å². The lowest BCUT2D eigenvalue weighted by atomic mass is 10.1. The molecule has 0 saturated heterocycles. The van der Waals surface area contributed by atoms with E-state index in [0.29, 0.717) is 32.5 Å². The van der Waals surface area contributed by atoms with Gasteiger partial charge in [0.15, 0.2) is 17.2 Å². The third-order valence-electron chi connectivity index (χ3n) is 4.77. The minimum absolute atomic E-state index is 0.0720. The Balaban J connectivity index is 1.60. The first-order valence-corrected chi connectivity index (χ1v) is 10.7. The van der Waals surface area contributed by atoms with Gasteiger partial charge in [-0.15, -0.1) is 0 Å². The Kier molecular flexibility index (Phi) is 6.86. The topological polar surface area (TPSA) is 83.4 Å². The quantitative estimate of drug-likeness (QED) is 0.251. The van der Waals surface area contributed by atoms with Gasteiger partial charge in [-0.05, 0) is 60.2 Å². The lowest BCUT2D eigenvalue weighted by Gasteiger charge is -2.10. The Hall–Kier alpha value is -3.81. The molecule has 34 heavy (non-hydrogen) atoms. The van der Waals surface area contributed by atoms with Crippen LogP contribution in [0.2, 0.25) is 10.0 Å². The Bertz CT molecular complexity index is 1350. The number of carbonyl (C=O) groups excluding carboxylic acids is 2. The lowest BCUT2D eigenvalue weighted by Crippen LogP contribution is -2.09. The largest absolute Gasteiger partial charge is 0.496 e. The first-order valence-electron chi connectivity index (χ1n) is 9.90. The summed E-state index contributed by atoms with van der Waals surface area (Å²) in [5.41, 5.74) is 1.40. The summed E-state index contributed by atoms with van der Waals surface area (Å²) in [5.74, 6) is -0.184. The van der Waals surface area contributed by atoms with E-state index in [0.717, 1.165) is 0 Å². The van der Waals surface area contributed by atoms with Gasteiger partial charge < -0.3 is 18.9 Å². The molecule has 0 bridgehead atoms. The van der Waals surface area contributed by atoms with E-state index in [2.05, 4.69) is 4.99 Å². The second kappa shape index (κ2) is 9.99. The molecule has 1 heterocycles. The van der Waals surface area contributed by atoms with Crippen LogP contribution in [0, 0.1) is 0 Å². The van der Waals surface area contributed by atoms with Crippen LogP contribution in [-0.4, -0.2) is 32.1 Å². The van der Waals surface area contributed by atoms with Crippen molar-refractivity contribution in [3.63, 3.8) is 0 Å². The van der Waals surface area contributed by atoms with Gasteiger partial charge in [0.1, 0.15) is 5.75 Å². The van der Waals surface area contributed by atoms with Gasteiger partial charge >= 0.3 is 11.9 Å². The Morgan fingerprint density at radius 3 is 2.38 bits per heavy atom. The summed E-state index contributed by atoms with van der Waals surface area (Å²) in [6.45, 7) is 0. The summed E-state index contributed by atoms with van der Waals surface area (Å²) in [5, 5.41) is 0.863. The lowest BCUT2D eigenvalue weighted by molar-refractivity contribution is -0.129. The molecule has 0 aliphatic carbocycles. The van der Waals surface area contributed by atoms with Gasteiger partial charge in [0.05, 0.1) is 25.3 Å².